The SMILES string of the molecule is O=C(O)c1c(-c2ccc(C(F)(F)F)cc2)cncc1-c1ccc(C(F)(F)F)cc1. The van der Waals surface area contributed by atoms with Crippen molar-refractivity contribution in [3.63, 3.8) is 0 Å². The molecule has 1 aromatic heterocycles. The zero-order valence-electron chi connectivity index (χ0n) is 14.3. The molecular formula is C20H11F6NO2. The van der Waals surface area contributed by atoms with E-state index >= 15 is 0 Å². The van der Waals surface area contributed by atoms with Crippen LogP contribution in [-0.4, -0.2) is 16.1 Å². The Bertz CT molecular complexity index is 963. The Morgan fingerprint density at radius 1 is 0.690 bits per heavy atom. The van der Waals surface area contributed by atoms with Gasteiger partial charge < -0.3 is 5.11 Å². The summed E-state index contributed by atoms with van der Waals surface area (Å²) < 4.78 is 76.5. The second-order valence-electron chi connectivity index (χ2n) is 6.06. The molecule has 1 N–H and O–H groups in total. The largest absolute Gasteiger partial charge is 0.478 e. The van der Waals surface area contributed by atoms with E-state index in [2.05, 4.69) is 4.98 Å². The minimum Gasteiger partial charge on any atom is -0.478 e. The summed E-state index contributed by atoms with van der Waals surface area (Å²) in [6, 6.07) is 7.70. The molecule has 0 saturated carbocycles. The van der Waals surface area contributed by atoms with E-state index < -0.39 is 29.4 Å². The Kier molecular flexibility index (Phi) is 5.08. The van der Waals surface area contributed by atoms with Gasteiger partial charge in [0, 0.05) is 23.5 Å². The Morgan fingerprint density at radius 3 is 1.31 bits per heavy atom. The number of benzene rings is 2. The molecule has 0 unspecified atom stereocenters. The second kappa shape index (κ2) is 7.23. The van der Waals surface area contributed by atoms with Crippen molar-refractivity contribution in [1.29, 1.82) is 0 Å². The van der Waals surface area contributed by atoms with E-state index in [1.54, 1.807) is 0 Å². The average molecular weight is 411 g/mol. The number of pyridine rings is 1. The fraction of sp³-hybridized carbons (Fsp3) is 0.100. The summed E-state index contributed by atoms with van der Waals surface area (Å²) in [5, 5.41) is 9.65. The molecule has 150 valence electrons. The second-order valence-corrected chi connectivity index (χ2v) is 6.06. The van der Waals surface area contributed by atoms with Gasteiger partial charge in [-0.05, 0) is 35.4 Å². The number of alkyl halides is 6. The maximum Gasteiger partial charge on any atom is 0.416 e. The Morgan fingerprint density at radius 2 is 1.03 bits per heavy atom. The van der Waals surface area contributed by atoms with Crippen LogP contribution < -0.4 is 0 Å². The third kappa shape index (κ3) is 4.23. The summed E-state index contributed by atoms with van der Waals surface area (Å²) in [6.45, 7) is 0. The molecule has 9 heteroatoms. The van der Waals surface area contributed by atoms with E-state index in [-0.39, 0.29) is 27.8 Å². The summed E-state index contributed by atoms with van der Waals surface area (Å²) in [4.78, 5) is 15.8. The van der Waals surface area contributed by atoms with Gasteiger partial charge in [-0.15, -0.1) is 0 Å². The van der Waals surface area contributed by atoms with Crippen LogP contribution in [0.5, 0.6) is 0 Å². The Hall–Kier alpha value is -3.36. The molecule has 0 atom stereocenters. The number of hydrogen-bond acceptors (Lipinski definition) is 2. The first kappa shape index (κ1) is 20.4. The van der Waals surface area contributed by atoms with E-state index in [9.17, 15) is 36.2 Å². The van der Waals surface area contributed by atoms with Crippen molar-refractivity contribution in [2.45, 2.75) is 12.4 Å². The van der Waals surface area contributed by atoms with Crippen molar-refractivity contribution in [2.24, 2.45) is 0 Å². The van der Waals surface area contributed by atoms with Gasteiger partial charge in [-0.3, -0.25) is 4.98 Å². The third-order valence-corrected chi connectivity index (χ3v) is 4.21. The quantitative estimate of drug-likeness (QED) is 0.526. The number of nitrogens with zero attached hydrogens (tertiary/aromatic N) is 1. The lowest BCUT2D eigenvalue weighted by Gasteiger charge is -2.13. The van der Waals surface area contributed by atoms with Crippen LogP contribution in [0.3, 0.4) is 0 Å². The zero-order valence-corrected chi connectivity index (χ0v) is 14.3. The predicted octanol–water partition coefficient (Wildman–Crippen LogP) is 6.15. The van der Waals surface area contributed by atoms with E-state index in [1.165, 1.54) is 12.4 Å². The first-order valence-corrected chi connectivity index (χ1v) is 8.05. The molecule has 0 spiro atoms. The zero-order chi connectivity index (χ0) is 21.4. The number of carbonyl (C=O) groups is 1. The van der Waals surface area contributed by atoms with Gasteiger partial charge in [-0.2, -0.15) is 26.3 Å². The van der Waals surface area contributed by atoms with E-state index in [0.717, 1.165) is 48.5 Å². The van der Waals surface area contributed by atoms with Crippen molar-refractivity contribution in [3.8, 4) is 22.3 Å². The van der Waals surface area contributed by atoms with Gasteiger partial charge in [0.15, 0.2) is 0 Å². The van der Waals surface area contributed by atoms with Crippen molar-refractivity contribution in [3.05, 3.63) is 77.6 Å². The molecular weight excluding hydrogens is 400 g/mol. The van der Waals surface area contributed by atoms with Crippen LogP contribution in [0.25, 0.3) is 22.3 Å². The molecule has 3 nitrogen and oxygen atoms in total. The number of hydrogen-bond donors (Lipinski definition) is 1. The highest BCUT2D eigenvalue weighted by molar-refractivity contribution is 6.02. The van der Waals surface area contributed by atoms with Gasteiger partial charge in [-0.1, -0.05) is 24.3 Å². The fourth-order valence-electron chi connectivity index (χ4n) is 2.81. The maximum atomic E-state index is 12.7. The molecule has 3 aromatic rings. The minimum absolute atomic E-state index is 0.0450. The molecule has 3 rings (SSSR count). The maximum absolute atomic E-state index is 12.7. The van der Waals surface area contributed by atoms with Crippen LogP contribution in [0.2, 0.25) is 0 Å². The standard InChI is InChI=1S/C20H11F6NO2/c21-19(22,23)13-5-1-11(2-6-13)15-9-27-10-16(17(15)18(28)29)12-3-7-14(8-4-12)20(24,25)26/h1-10H,(H,28,29). The van der Waals surface area contributed by atoms with Crippen molar-refractivity contribution < 1.29 is 36.2 Å². The number of carboxylic acid groups (broad SMARTS) is 1. The highest BCUT2D eigenvalue weighted by Gasteiger charge is 2.31. The van der Waals surface area contributed by atoms with Gasteiger partial charge in [-0.25, -0.2) is 4.79 Å². The molecule has 0 aliphatic rings. The molecule has 1 heterocycles. The Labute approximate surface area is 160 Å². The van der Waals surface area contributed by atoms with Crippen molar-refractivity contribution in [1.82, 2.24) is 4.98 Å². The lowest BCUT2D eigenvalue weighted by Crippen LogP contribution is -2.06. The summed E-state index contributed by atoms with van der Waals surface area (Å²) in [5.41, 5.74) is -1.63. The number of aromatic carboxylic acids is 1. The summed E-state index contributed by atoms with van der Waals surface area (Å²) in [5.74, 6) is -1.39. The first-order valence-electron chi connectivity index (χ1n) is 8.05. The van der Waals surface area contributed by atoms with Crippen LogP contribution in [0.15, 0.2) is 60.9 Å². The molecule has 2 aromatic carbocycles. The van der Waals surface area contributed by atoms with E-state index in [4.69, 9.17) is 0 Å². The molecule has 0 bridgehead atoms. The molecule has 0 saturated heterocycles. The smallest absolute Gasteiger partial charge is 0.416 e. The van der Waals surface area contributed by atoms with Crippen molar-refractivity contribution in [2.75, 3.05) is 0 Å². The highest BCUT2D eigenvalue weighted by Crippen LogP contribution is 2.36. The van der Waals surface area contributed by atoms with Gasteiger partial charge in [0.25, 0.3) is 0 Å². The number of halogens is 6. The normalized spacial score (nSPS) is 12.1. The van der Waals surface area contributed by atoms with Crippen LogP contribution in [0, 0.1) is 0 Å². The number of rotatable bonds is 3. The molecule has 0 radical (unpaired) electrons. The van der Waals surface area contributed by atoms with Crippen LogP contribution in [0.1, 0.15) is 21.5 Å². The molecule has 0 aliphatic carbocycles. The lowest BCUT2D eigenvalue weighted by molar-refractivity contribution is -0.138. The molecule has 0 aliphatic heterocycles. The Balaban J connectivity index is 2.11. The van der Waals surface area contributed by atoms with E-state index in [1.807, 2.05) is 0 Å². The lowest BCUT2D eigenvalue weighted by atomic mass is 9.93. The van der Waals surface area contributed by atoms with Gasteiger partial charge in [0.1, 0.15) is 0 Å². The van der Waals surface area contributed by atoms with Gasteiger partial charge >= 0.3 is 18.3 Å². The van der Waals surface area contributed by atoms with E-state index in [0.29, 0.717) is 0 Å². The van der Waals surface area contributed by atoms with Crippen LogP contribution in [-0.2, 0) is 12.4 Å². The number of aromatic nitrogens is 1. The molecule has 0 fully saturated rings. The summed E-state index contributed by atoms with van der Waals surface area (Å²) in [6.07, 6.45) is -6.73. The molecule has 29 heavy (non-hydrogen) atoms. The van der Waals surface area contributed by atoms with Crippen LogP contribution in [0.4, 0.5) is 26.3 Å². The van der Waals surface area contributed by atoms with Gasteiger partial charge in [0.2, 0.25) is 0 Å². The first-order chi connectivity index (χ1) is 13.5. The predicted molar refractivity (Wildman–Crippen MR) is 92.1 cm³/mol. The molecule has 0 amide bonds. The highest BCUT2D eigenvalue weighted by atomic mass is 19.4. The summed E-state index contributed by atoms with van der Waals surface area (Å²) >= 11 is 0. The monoisotopic (exact) mass is 411 g/mol. The third-order valence-electron chi connectivity index (χ3n) is 4.21. The minimum atomic E-state index is -4.55. The number of carboxylic acids is 1. The van der Waals surface area contributed by atoms with Crippen LogP contribution >= 0.6 is 0 Å². The fourth-order valence-corrected chi connectivity index (χ4v) is 2.81. The van der Waals surface area contributed by atoms with Gasteiger partial charge in [0.05, 0.1) is 16.7 Å². The van der Waals surface area contributed by atoms with Crippen molar-refractivity contribution >= 4 is 5.97 Å². The average Bonchev–Trinajstić information content (AvgIpc) is 2.66. The summed E-state index contributed by atoms with van der Waals surface area (Å²) in [7, 11) is 0. The topological polar surface area (TPSA) is 50.2 Å².